The van der Waals surface area contributed by atoms with Crippen LogP contribution in [0.25, 0.3) is 11.0 Å². The Morgan fingerprint density at radius 2 is 2.10 bits per heavy atom. The quantitative estimate of drug-likeness (QED) is 0.417. The van der Waals surface area contributed by atoms with Crippen LogP contribution in [0.2, 0.25) is 5.02 Å². The molecule has 0 bridgehead atoms. The highest BCUT2D eigenvalue weighted by atomic mass is 35.5. The Labute approximate surface area is 186 Å². The maximum atomic E-state index is 11.0. The van der Waals surface area contributed by atoms with Crippen molar-refractivity contribution >= 4 is 38.8 Å². The van der Waals surface area contributed by atoms with Gasteiger partial charge in [0, 0.05) is 23.7 Å². The summed E-state index contributed by atoms with van der Waals surface area (Å²) in [5, 5.41) is 20.3. The van der Waals surface area contributed by atoms with Crippen LogP contribution in [0.15, 0.2) is 36.8 Å². The normalized spacial score (nSPS) is 14.0. The summed E-state index contributed by atoms with van der Waals surface area (Å²) in [7, 11) is -4.05. The molecule has 9 nitrogen and oxygen atoms in total. The molecular weight excluding hydrogens is 442 g/mol. The first-order chi connectivity index (χ1) is 14.7. The van der Waals surface area contributed by atoms with E-state index in [0.717, 1.165) is 16.5 Å². The zero-order chi connectivity index (χ0) is 22.6. The Morgan fingerprint density at radius 3 is 2.77 bits per heavy atom. The lowest BCUT2D eigenvalue weighted by Crippen LogP contribution is -2.31. The third-order valence-electron chi connectivity index (χ3n) is 5.21. The summed E-state index contributed by atoms with van der Waals surface area (Å²) in [6.07, 6.45) is 2.96. The molecule has 2 heterocycles. The van der Waals surface area contributed by atoms with E-state index in [4.69, 9.17) is 16.7 Å². The summed E-state index contributed by atoms with van der Waals surface area (Å²) in [5.74, 6) is 0.278. The van der Waals surface area contributed by atoms with Crippen molar-refractivity contribution in [3.8, 4) is 0 Å². The van der Waals surface area contributed by atoms with Gasteiger partial charge in [0.1, 0.15) is 17.8 Å². The maximum absolute atomic E-state index is 11.0. The third-order valence-corrected chi connectivity index (χ3v) is 5.91. The van der Waals surface area contributed by atoms with Gasteiger partial charge >= 0.3 is 10.3 Å². The van der Waals surface area contributed by atoms with E-state index in [2.05, 4.69) is 19.5 Å². The highest BCUT2D eigenvalue weighted by Gasteiger charge is 2.21. The summed E-state index contributed by atoms with van der Waals surface area (Å²) in [4.78, 5) is 8.69. The Balaban J connectivity index is 1.73. The molecule has 0 aliphatic rings. The number of hydrogen-bond acceptors (Lipinski definition) is 7. The smallest absolute Gasteiger partial charge is 0.333 e. The number of fused-ring (bicyclic) bond motifs is 1. The van der Waals surface area contributed by atoms with Crippen LogP contribution in [-0.4, -0.2) is 40.8 Å². The van der Waals surface area contributed by atoms with Gasteiger partial charge in [0.05, 0.1) is 24.6 Å². The van der Waals surface area contributed by atoms with Gasteiger partial charge in [-0.2, -0.15) is 8.42 Å². The number of nitrogens with two attached hydrogens (primary N) is 1. The van der Waals surface area contributed by atoms with Crippen molar-refractivity contribution in [2.75, 3.05) is 11.9 Å². The van der Waals surface area contributed by atoms with Crippen LogP contribution in [0.3, 0.4) is 0 Å². The molecule has 168 valence electrons. The molecule has 2 aromatic heterocycles. The van der Waals surface area contributed by atoms with E-state index in [9.17, 15) is 13.5 Å². The predicted molar refractivity (Wildman–Crippen MR) is 120 cm³/mol. The van der Waals surface area contributed by atoms with Gasteiger partial charge < -0.3 is 15.0 Å². The summed E-state index contributed by atoms with van der Waals surface area (Å²) >= 11 is 6.02. The first-order valence-corrected chi connectivity index (χ1v) is 11.7. The average molecular weight is 468 g/mol. The molecule has 31 heavy (non-hydrogen) atoms. The summed E-state index contributed by atoms with van der Waals surface area (Å²) in [6, 6.07) is 7.61. The van der Waals surface area contributed by atoms with Gasteiger partial charge in [0.2, 0.25) is 0 Å². The Kier molecular flexibility index (Phi) is 7.50. The first-order valence-electron chi connectivity index (χ1n) is 9.82. The number of nitrogens with one attached hydrogen (secondary N) is 1. The molecule has 2 atom stereocenters. The number of aliphatic hydroxyl groups excluding tert-OH is 1. The standard InChI is InChI=1S/C20H26ClN5O4S/c1-3-14(11-30-31(22,28)29)18(27)10-26-7-6-17-19(24-12-25-20(17)26)23-9-15-4-5-16(21)8-13(15)2/h4-8,12,14,18,27H,3,9-11H2,1-2H3,(H2,22,28,29)(H,23,24,25)/t14-,18-/m0/s1. The molecule has 0 unspecified atom stereocenters. The zero-order valence-electron chi connectivity index (χ0n) is 17.3. The average Bonchev–Trinajstić information content (AvgIpc) is 3.10. The van der Waals surface area contributed by atoms with E-state index in [1.165, 1.54) is 6.33 Å². The van der Waals surface area contributed by atoms with Crippen molar-refractivity contribution in [2.24, 2.45) is 11.1 Å². The van der Waals surface area contributed by atoms with Gasteiger partial charge in [-0.15, -0.1) is 0 Å². The highest BCUT2D eigenvalue weighted by molar-refractivity contribution is 7.84. The van der Waals surface area contributed by atoms with Gasteiger partial charge in [-0.3, -0.25) is 4.18 Å². The fourth-order valence-electron chi connectivity index (χ4n) is 3.36. The minimum Gasteiger partial charge on any atom is -0.391 e. The van der Waals surface area contributed by atoms with Crippen LogP contribution >= 0.6 is 11.6 Å². The molecule has 3 aromatic rings. The van der Waals surface area contributed by atoms with Gasteiger partial charge in [-0.1, -0.05) is 24.6 Å². The second-order valence-corrected chi connectivity index (χ2v) is 9.02. The summed E-state index contributed by atoms with van der Waals surface area (Å²) in [6.45, 7) is 4.46. The number of benzene rings is 1. The monoisotopic (exact) mass is 467 g/mol. The largest absolute Gasteiger partial charge is 0.391 e. The van der Waals surface area contributed by atoms with Crippen LogP contribution in [0.1, 0.15) is 24.5 Å². The number of anilines is 1. The second kappa shape index (κ2) is 9.92. The van der Waals surface area contributed by atoms with E-state index in [1.807, 2.05) is 44.3 Å². The lowest BCUT2D eigenvalue weighted by atomic mass is 10.0. The van der Waals surface area contributed by atoms with Crippen molar-refractivity contribution in [3.05, 3.63) is 52.9 Å². The van der Waals surface area contributed by atoms with Crippen LogP contribution < -0.4 is 10.5 Å². The first kappa shape index (κ1) is 23.4. The number of aliphatic hydroxyl groups is 1. The molecule has 0 saturated heterocycles. The molecule has 0 amide bonds. The van der Waals surface area contributed by atoms with Crippen molar-refractivity contribution in [1.82, 2.24) is 14.5 Å². The zero-order valence-corrected chi connectivity index (χ0v) is 18.9. The molecule has 0 spiro atoms. The fraction of sp³-hybridized carbons (Fsp3) is 0.400. The fourth-order valence-corrected chi connectivity index (χ4v) is 3.95. The van der Waals surface area contributed by atoms with Crippen LogP contribution in [0, 0.1) is 12.8 Å². The highest BCUT2D eigenvalue weighted by Crippen LogP contribution is 2.23. The van der Waals surface area contributed by atoms with Crippen LogP contribution in [-0.2, 0) is 27.6 Å². The number of rotatable bonds is 10. The number of aryl methyl sites for hydroxylation is 1. The Bertz CT molecular complexity index is 1150. The van der Waals surface area contributed by atoms with Gasteiger partial charge in [0.25, 0.3) is 0 Å². The minimum absolute atomic E-state index is 0.183. The van der Waals surface area contributed by atoms with E-state index in [-0.39, 0.29) is 13.2 Å². The minimum atomic E-state index is -4.05. The predicted octanol–water partition coefficient (Wildman–Crippen LogP) is 2.61. The summed E-state index contributed by atoms with van der Waals surface area (Å²) in [5.41, 5.74) is 2.84. The van der Waals surface area contributed by atoms with Crippen molar-refractivity contribution in [3.63, 3.8) is 0 Å². The molecule has 3 rings (SSSR count). The third kappa shape index (κ3) is 6.14. The Hall–Kier alpha value is -2.24. The molecule has 1 aromatic carbocycles. The lowest BCUT2D eigenvalue weighted by molar-refractivity contribution is 0.0616. The van der Waals surface area contributed by atoms with Crippen LogP contribution in [0.5, 0.6) is 0 Å². The van der Waals surface area contributed by atoms with Crippen LogP contribution in [0.4, 0.5) is 5.82 Å². The van der Waals surface area contributed by atoms with Crippen molar-refractivity contribution < 1.29 is 17.7 Å². The Morgan fingerprint density at radius 1 is 1.32 bits per heavy atom. The van der Waals surface area contributed by atoms with Crippen molar-refractivity contribution in [2.45, 2.75) is 39.5 Å². The van der Waals surface area contributed by atoms with E-state index >= 15 is 0 Å². The van der Waals surface area contributed by atoms with E-state index in [1.54, 1.807) is 4.57 Å². The molecule has 0 fully saturated rings. The maximum Gasteiger partial charge on any atom is 0.333 e. The molecular formula is C20H26ClN5O4S. The SMILES string of the molecule is CC[C@@H](COS(N)(=O)=O)[C@@H](O)Cn1ccc2c(NCc3ccc(Cl)cc3C)ncnc21. The number of hydrogen-bond donors (Lipinski definition) is 3. The van der Waals surface area contributed by atoms with Gasteiger partial charge in [-0.25, -0.2) is 15.1 Å². The molecule has 0 aliphatic carbocycles. The number of aromatic nitrogens is 3. The number of nitrogens with zero attached hydrogens (tertiary/aromatic N) is 3. The van der Waals surface area contributed by atoms with E-state index < -0.39 is 22.3 Å². The number of halogens is 1. The molecule has 0 radical (unpaired) electrons. The second-order valence-electron chi connectivity index (χ2n) is 7.37. The van der Waals surface area contributed by atoms with Gasteiger partial charge in [-0.05, 0) is 42.7 Å². The lowest BCUT2D eigenvalue weighted by Gasteiger charge is -2.21. The molecule has 4 N–H and O–H groups in total. The summed E-state index contributed by atoms with van der Waals surface area (Å²) < 4.78 is 28.5. The van der Waals surface area contributed by atoms with Crippen molar-refractivity contribution in [1.29, 1.82) is 0 Å². The molecule has 0 aliphatic heterocycles. The molecule has 11 heteroatoms. The van der Waals surface area contributed by atoms with E-state index in [0.29, 0.717) is 29.5 Å². The molecule has 0 saturated carbocycles. The van der Waals surface area contributed by atoms with Gasteiger partial charge in [0.15, 0.2) is 0 Å². The topological polar surface area (TPSA) is 132 Å².